The first-order valence-corrected chi connectivity index (χ1v) is 8.09. The van der Waals surface area contributed by atoms with Gasteiger partial charge in [-0.1, -0.05) is 36.4 Å². The van der Waals surface area contributed by atoms with Crippen molar-refractivity contribution in [3.63, 3.8) is 0 Å². The molecule has 0 saturated carbocycles. The van der Waals surface area contributed by atoms with E-state index < -0.39 is 5.82 Å². The molecule has 5 heteroatoms. The molecule has 0 N–H and O–H groups in total. The minimum atomic E-state index is -0.404. The van der Waals surface area contributed by atoms with Gasteiger partial charge in [-0.05, 0) is 23.8 Å². The lowest BCUT2D eigenvalue weighted by atomic mass is 10.1. The molecule has 0 saturated heterocycles. The molecule has 0 aliphatic heterocycles. The van der Waals surface area contributed by atoms with Crippen molar-refractivity contribution in [1.29, 1.82) is 0 Å². The summed E-state index contributed by atoms with van der Waals surface area (Å²) in [5.74, 6) is -0.241. The largest absolute Gasteiger partial charge is 0.489 e. The molecule has 0 aliphatic carbocycles. The van der Waals surface area contributed by atoms with Crippen LogP contribution < -0.4 is 4.74 Å². The predicted octanol–water partition coefficient (Wildman–Crippen LogP) is 3.45. The van der Waals surface area contributed by atoms with E-state index in [2.05, 4.69) is 4.98 Å². The molecule has 1 aromatic heterocycles. The van der Waals surface area contributed by atoms with Crippen molar-refractivity contribution in [1.82, 2.24) is 9.88 Å². The average Bonchev–Trinajstić information content (AvgIpc) is 2.63. The standard InChI is InChI=1S/C20H19FN2O2/c1-23(12-13-25-18-10-3-2-9-17(18)21)19(24)14-16-7-4-6-15-8-5-11-22-20(15)16/h2-11H,12-14H2,1H3. The lowest BCUT2D eigenvalue weighted by molar-refractivity contribution is -0.129. The summed E-state index contributed by atoms with van der Waals surface area (Å²) in [6.45, 7) is 0.613. The molecule has 0 fully saturated rings. The number of nitrogens with zero attached hydrogens (tertiary/aromatic N) is 2. The summed E-state index contributed by atoms with van der Waals surface area (Å²) in [6.07, 6.45) is 1.99. The fourth-order valence-electron chi connectivity index (χ4n) is 2.59. The number of halogens is 1. The maximum absolute atomic E-state index is 13.5. The van der Waals surface area contributed by atoms with Gasteiger partial charge in [0.2, 0.25) is 5.91 Å². The third kappa shape index (κ3) is 4.12. The Morgan fingerprint density at radius 2 is 1.92 bits per heavy atom. The molecule has 0 atom stereocenters. The van der Waals surface area contributed by atoms with E-state index in [-0.39, 0.29) is 24.7 Å². The number of aromatic nitrogens is 1. The number of benzene rings is 2. The Balaban J connectivity index is 1.58. The Hall–Kier alpha value is -2.95. The SMILES string of the molecule is CN(CCOc1ccccc1F)C(=O)Cc1cccc2cccnc12. The zero-order valence-corrected chi connectivity index (χ0v) is 14.0. The van der Waals surface area contributed by atoms with Gasteiger partial charge in [0.25, 0.3) is 0 Å². The second-order valence-corrected chi connectivity index (χ2v) is 5.76. The molecule has 25 heavy (non-hydrogen) atoms. The molecule has 0 spiro atoms. The van der Waals surface area contributed by atoms with Gasteiger partial charge in [0.1, 0.15) is 6.61 Å². The highest BCUT2D eigenvalue weighted by molar-refractivity contribution is 5.87. The maximum atomic E-state index is 13.5. The summed E-state index contributed by atoms with van der Waals surface area (Å²) in [6, 6.07) is 15.9. The zero-order valence-electron chi connectivity index (χ0n) is 14.0. The Bertz CT molecular complexity index is 877. The van der Waals surface area contributed by atoms with Crippen LogP contribution in [0.25, 0.3) is 10.9 Å². The Labute approximate surface area is 145 Å². The molecule has 4 nitrogen and oxygen atoms in total. The zero-order chi connectivity index (χ0) is 17.6. The second-order valence-electron chi connectivity index (χ2n) is 5.76. The first-order valence-electron chi connectivity index (χ1n) is 8.09. The predicted molar refractivity (Wildman–Crippen MR) is 95.0 cm³/mol. The quantitative estimate of drug-likeness (QED) is 0.691. The van der Waals surface area contributed by atoms with Crippen molar-refractivity contribution in [2.24, 2.45) is 0 Å². The first-order chi connectivity index (χ1) is 12.1. The molecule has 1 heterocycles. The number of amides is 1. The molecule has 1 amide bonds. The number of para-hydroxylation sites is 2. The molecule has 0 aliphatic rings. The van der Waals surface area contributed by atoms with Crippen LogP contribution in [-0.4, -0.2) is 36.0 Å². The number of pyridine rings is 1. The topological polar surface area (TPSA) is 42.4 Å². The van der Waals surface area contributed by atoms with E-state index in [0.29, 0.717) is 6.54 Å². The summed E-state index contributed by atoms with van der Waals surface area (Å²) in [7, 11) is 1.71. The van der Waals surface area contributed by atoms with E-state index in [9.17, 15) is 9.18 Å². The summed E-state index contributed by atoms with van der Waals surface area (Å²) in [5, 5.41) is 1.01. The van der Waals surface area contributed by atoms with Crippen LogP contribution in [-0.2, 0) is 11.2 Å². The highest BCUT2D eigenvalue weighted by atomic mass is 19.1. The van der Waals surface area contributed by atoms with Crippen LogP contribution in [0.1, 0.15) is 5.56 Å². The van der Waals surface area contributed by atoms with E-state index in [1.807, 2.05) is 30.3 Å². The number of fused-ring (bicyclic) bond motifs is 1. The Morgan fingerprint density at radius 1 is 1.12 bits per heavy atom. The van der Waals surface area contributed by atoms with Gasteiger partial charge in [-0.15, -0.1) is 0 Å². The number of rotatable bonds is 6. The molecule has 0 radical (unpaired) electrons. The Morgan fingerprint density at radius 3 is 2.76 bits per heavy atom. The summed E-state index contributed by atoms with van der Waals surface area (Å²) in [4.78, 5) is 18.4. The third-order valence-corrected chi connectivity index (χ3v) is 4.00. The summed E-state index contributed by atoms with van der Waals surface area (Å²) < 4.78 is 18.9. The maximum Gasteiger partial charge on any atom is 0.226 e. The van der Waals surface area contributed by atoms with Gasteiger partial charge in [-0.3, -0.25) is 9.78 Å². The summed E-state index contributed by atoms with van der Waals surface area (Å²) >= 11 is 0. The highest BCUT2D eigenvalue weighted by Crippen LogP contribution is 2.17. The number of hydrogen-bond acceptors (Lipinski definition) is 3. The Kier molecular flexibility index (Phi) is 5.23. The number of likely N-dealkylation sites (N-methyl/N-ethyl adjacent to an activating group) is 1. The molecular weight excluding hydrogens is 319 g/mol. The minimum absolute atomic E-state index is 0.0321. The fourth-order valence-corrected chi connectivity index (χ4v) is 2.59. The van der Waals surface area contributed by atoms with E-state index in [1.165, 1.54) is 6.07 Å². The number of hydrogen-bond donors (Lipinski definition) is 0. The fraction of sp³-hybridized carbons (Fsp3) is 0.200. The van der Waals surface area contributed by atoms with Crippen LogP contribution in [0.5, 0.6) is 5.75 Å². The smallest absolute Gasteiger partial charge is 0.226 e. The summed E-state index contributed by atoms with van der Waals surface area (Å²) in [5.41, 5.74) is 1.74. The molecule has 3 rings (SSSR count). The van der Waals surface area contributed by atoms with Gasteiger partial charge in [-0.2, -0.15) is 0 Å². The van der Waals surface area contributed by atoms with Gasteiger partial charge in [0.15, 0.2) is 11.6 Å². The van der Waals surface area contributed by atoms with Crippen molar-refractivity contribution in [3.8, 4) is 5.75 Å². The molecule has 128 valence electrons. The molecular formula is C20H19FN2O2. The number of carbonyl (C=O) groups excluding carboxylic acids is 1. The van der Waals surface area contributed by atoms with E-state index in [1.54, 1.807) is 36.3 Å². The van der Waals surface area contributed by atoms with E-state index in [0.717, 1.165) is 16.5 Å². The van der Waals surface area contributed by atoms with E-state index >= 15 is 0 Å². The van der Waals surface area contributed by atoms with Crippen molar-refractivity contribution in [2.45, 2.75) is 6.42 Å². The van der Waals surface area contributed by atoms with Crippen LogP contribution in [0.15, 0.2) is 60.8 Å². The van der Waals surface area contributed by atoms with Gasteiger partial charge in [0, 0.05) is 18.6 Å². The van der Waals surface area contributed by atoms with Crippen LogP contribution in [0, 0.1) is 5.82 Å². The van der Waals surface area contributed by atoms with Crippen molar-refractivity contribution < 1.29 is 13.9 Å². The monoisotopic (exact) mass is 338 g/mol. The van der Waals surface area contributed by atoms with Gasteiger partial charge in [-0.25, -0.2) is 4.39 Å². The van der Waals surface area contributed by atoms with Crippen molar-refractivity contribution >= 4 is 16.8 Å². The molecule has 0 bridgehead atoms. The first kappa shape index (κ1) is 16.9. The van der Waals surface area contributed by atoms with Gasteiger partial charge >= 0.3 is 0 Å². The lowest BCUT2D eigenvalue weighted by Crippen LogP contribution is -2.32. The molecule has 0 unspecified atom stereocenters. The van der Waals surface area contributed by atoms with Crippen LogP contribution in [0.2, 0.25) is 0 Å². The second kappa shape index (κ2) is 7.75. The van der Waals surface area contributed by atoms with Crippen LogP contribution >= 0.6 is 0 Å². The third-order valence-electron chi connectivity index (χ3n) is 4.00. The normalized spacial score (nSPS) is 10.6. The van der Waals surface area contributed by atoms with Crippen LogP contribution in [0.3, 0.4) is 0 Å². The van der Waals surface area contributed by atoms with Crippen molar-refractivity contribution in [2.75, 3.05) is 20.2 Å². The highest BCUT2D eigenvalue weighted by Gasteiger charge is 2.12. The molecule has 3 aromatic rings. The van der Waals surface area contributed by atoms with E-state index in [4.69, 9.17) is 4.74 Å². The number of ether oxygens (including phenoxy) is 1. The lowest BCUT2D eigenvalue weighted by Gasteiger charge is -2.18. The average molecular weight is 338 g/mol. The minimum Gasteiger partial charge on any atom is -0.489 e. The molecule has 2 aromatic carbocycles. The number of carbonyl (C=O) groups is 1. The van der Waals surface area contributed by atoms with Gasteiger partial charge < -0.3 is 9.64 Å². The van der Waals surface area contributed by atoms with Crippen molar-refractivity contribution in [3.05, 3.63) is 72.2 Å². The van der Waals surface area contributed by atoms with Gasteiger partial charge in [0.05, 0.1) is 18.5 Å². The van der Waals surface area contributed by atoms with Crippen LogP contribution in [0.4, 0.5) is 4.39 Å².